The van der Waals surface area contributed by atoms with Crippen LogP contribution in [0, 0.1) is 11.3 Å². The molecule has 0 spiro atoms. The molecule has 0 saturated heterocycles. The average molecular weight is 255 g/mol. The highest BCUT2D eigenvalue weighted by Crippen LogP contribution is 2.24. The minimum Gasteiger partial charge on any atom is -0.492 e. The molecule has 0 radical (unpaired) electrons. The summed E-state index contributed by atoms with van der Waals surface area (Å²) in [5, 5.41) is 8.06. The molecule has 0 amide bonds. The summed E-state index contributed by atoms with van der Waals surface area (Å²) in [6.45, 7) is 4.91. The molecule has 17 heavy (non-hydrogen) atoms. The molecule has 1 atom stereocenters. The summed E-state index contributed by atoms with van der Waals surface area (Å²) in [6, 6.07) is 5.13. The molecule has 1 aromatic rings. The molecule has 0 heterocycles. The summed E-state index contributed by atoms with van der Waals surface area (Å²) in [5.74, 6) is 1.08. The number of nitrogens with one attached hydrogen (secondary N) is 1. The normalized spacial score (nSPS) is 12.2. The average Bonchev–Trinajstić information content (AvgIpc) is 2.26. The Morgan fingerprint density at radius 2 is 2.24 bits per heavy atom. The Labute approximate surface area is 107 Å². The van der Waals surface area contributed by atoms with Gasteiger partial charge in [-0.3, -0.25) is 5.41 Å². The van der Waals surface area contributed by atoms with Gasteiger partial charge in [0.25, 0.3) is 0 Å². The first kappa shape index (κ1) is 13.8. The molecule has 3 nitrogen and oxygen atoms in total. The first-order valence-electron chi connectivity index (χ1n) is 5.81. The molecule has 0 aliphatic rings. The van der Waals surface area contributed by atoms with Crippen molar-refractivity contribution in [2.75, 3.05) is 6.61 Å². The first-order chi connectivity index (χ1) is 8.04. The highest BCUT2D eigenvalue weighted by molar-refractivity contribution is 6.30. The van der Waals surface area contributed by atoms with Crippen molar-refractivity contribution in [1.82, 2.24) is 0 Å². The number of nitrogens with two attached hydrogens (primary N) is 1. The zero-order valence-corrected chi connectivity index (χ0v) is 11.1. The third-order valence-corrected chi connectivity index (χ3v) is 2.77. The number of ether oxygens (including phenoxy) is 1. The number of nitrogen functional groups attached to an aromatic ring is 1. The lowest BCUT2D eigenvalue weighted by atomic mass is 10.1. The third kappa shape index (κ3) is 4.27. The molecule has 0 saturated carbocycles. The Morgan fingerprint density at radius 1 is 1.53 bits per heavy atom. The summed E-state index contributed by atoms with van der Waals surface area (Å²) in [7, 11) is 0. The smallest absolute Gasteiger partial charge is 0.131 e. The van der Waals surface area contributed by atoms with E-state index < -0.39 is 0 Å². The van der Waals surface area contributed by atoms with Crippen LogP contribution in [0.3, 0.4) is 0 Å². The number of benzene rings is 1. The monoisotopic (exact) mass is 254 g/mol. The summed E-state index contributed by atoms with van der Waals surface area (Å²) < 4.78 is 5.69. The lowest BCUT2D eigenvalue weighted by Crippen LogP contribution is -2.15. The minimum atomic E-state index is -0.000175. The second-order valence-corrected chi connectivity index (χ2v) is 4.70. The van der Waals surface area contributed by atoms with Crippen LogP contribution in [-0.4, -0.2) is 12.4 Å². The number of rotatable bonds is 6. The Hall–Kier alpha value is -1.22. The molecule has 3 N–H and O–H groups in total. The molecule has 1 unspecified atom stereocenters. The van der Waals surface area contributed by atoms with Gasteiger partial charge in [0.15, 0.2) is 0 Å². The van der Waals surface area contributed by atoms with E-state index in [0.29, 0.717) is 28.9 Å². The van der Waals surface area contributed by atoms with Crippen molar-refractivity contribution in [3.63, 3.8) is 0 Å². The predicted octanol–water partition coefficient (Wildman–Crippen LogP) is 3.44. The fraction of sp³-hybridized carbons (Fsp3) is 0.462. The van der Waals surface area contributed by atoms with Crippen LogP contribution in [-0.2, 0) is 0 Å². The minimum absolute atomic E-state index is 0.000175. The van der Waals surface area contributed by atoms with Gasteiger partial charge in [-0.15, -0.1) is 0 Å². The fourth-order valence-electron chi connectivity index (χ4n) is 1.65. The summed E-state index contributed by atoms with van der Waals surface area (Å²) in [5.41, 5.74) is 6.09. The van der Waals surface area contributed by atoms with Crippen LogP contribution in [0.1, 0.15) is 32.3 Å². The van der Waals surface area contributed by atoms with Crippen molar-refractivity contribution in [1.29, 1.82) is 5.41 Å². The van der Waals surface area contributed by atoms with Crippen molar-refractivity contribution in [2.45, 2.75) is 26.7 Å². The van der Waals surface area contributed by atoms with E-state index in [0.717, 1.165) is 12.8 Å². The topological polar surface area (TPSA) is 59.1 Å². The van der Waals surface area contributed by atoms with Crippen LogP contribution in [0.2, 0.25) is 5.02 Å². The van der Waals surface area contributed by atoms with Crippen molar-refractivity contribution < 1.29 is 4.74 Å². The quantitative estimate of drug-likeness (QED) is 0.604. The Morgan fingerprint density at radius 3 is 2.82 bits per heavy atom. The van der Waals surface area contributed by atoms with Crippen molar-refractivity contribution in [3.8, 4) is 5.75 Å². The highest BCUT2D eigenvalue weighted by atomic mass is 35.5. The van der Waals surface area contributed by atoms with Crippen LogP contribution in [0.5, 0.6) is 5.75 Å². The van der Waals surface area contributed by atoms with Gasteiger partial charge < -0.3 is 10.5 Å². The zero-order chi connectivity index (χ0) is 12.8. The molecule has 94 valence electrons. The van der Waals surface area contributed by atoms with E-state index in [2.05, 4.69) is 13.8 Å². The van der Waals surface area contributed by atoms with E-state index in [1.54, 1.807) is 18.2 Å². The largest absolute Gasteiger partial charge is 0.492 e. The lowest BCUT2D eigenvalue weighted by Gasteiger charge is -2.14. The van der Waals surface area contributed by atoms with Crippen LogP contribution in [0.4, 0.5) is 0 Å². The SMILES string of the molecule is CCCC(C)COc1cc(Cl)ccc1C(=N)N. The van der Waals surface area contributed by atoms with Crippen molar-refractivity contribution in [2.24, 2.45) is 11.7 Å². The van der Waals surface area contributed by atoms with Gasteiger partial charge in [0.05, 0.1) is 12.2 Å². The fourth-order valence-corrected chi connectivity index (χ4v) is 1.81. The maximum Gasteiger partial charge on any atom is 0.131 e. The maximum atomic E-state index is 7.47. The highest BCUT2D eigenvalue weighted by Gasteiger charge is 2.09. The van der Waals surface area contributed by atoms with Crippen LogP contribution in [0.25, 0.3) is 0 Å². The molecule has 4 heteroatoms. The van der Waals surface area contributed by atoms with Crippen LogP contribution < -0.4 is 10.5 Å². The molecule has 0 fully saturated rings. The van der Waals surface area contributed by atoms with Gasteiger partial charge >= 0.3 is 0 Å². The Balaban J connectivity index is 2.75. The summed E-state index contributed by atoms with van der Waals surface area (Å²) in [4.78, 5) is 0. The molecular formula is C13H19ClN2O. The number of amidine groups is 1. The number of halogens is 1. The van der Waals surface area contributed by atoms with E-state index >= 15 is 0 Å². The van der Waals surface area contributed by atoms with E-state index in [1.807, 2.05) is 0 Å². The molecule has 1 rings (SSSR count). The molecule has 0 aliphatic carbocycles. The van der Waals surface area contributed by atoms with E-state index in [-0.39, 0.29) is 5.84 Å². The molecule has 1 aromatic carbocycles. The lowest BCUT2D eigenvalue weighted by molar-refractivity contribution is 0.251. The number of hydrogen-bond donors (Lipinski definition) is 2. The van der Waals surface area contributed by atoms with E-state index in [4.69, 9.17) is 27.5 Å². The van der Waals surface area contributed by atoms with Gasteiger partial charge in [0.2, 0.25) is 0 Å². The Kier molecular flexibility index (Phi) is 5.29. The van der Waals surface area contributed by atoms with Crippen LogP contribution >= 0.6 is 11.6 Å². The van der Waals surface area contributed by atoms with Gasteiger partial charge in [0.1, 0.15) is 11.6 Å². The van der Waals surface area contributed by atoms with Crippen molar-refractivity contribution in [3.05, 3.63) is 28.8 Å². The van der Waals surface area contributed by atoms with Crippen molar-refractivity contribution >= 4 is 17.4 Å². The van der Waals surface area contributed by atoms with Gasteiger partial charge in [-0.05, 0) is 30.5 Å². The Bertz CT molecular complexity index is 393. The zero-order valence-electron chi connectivity index (χ0n) is 10.3. The molecule has 0 aliphatic heterocycles. The second-order valence-electron chi connectivity index (χ2n) is 4.26. The summed E-state index contributed by atoms with van der Waals surface area (Å²) in [6.07, 6.45) is 2.26. The number of hydrogen-bond acceptors (Lipinski definition) is 2. The second kappa shape index (κ2) is 6.50. The van der Waals surface area contributed by atoms with Gasteiger partial charge in [-0.25, -0.2) is 0 Å². The maximum absolute atomic E-state index is 7.47. The standard InChI is InChI=1S/C13H19ClN2O/c1-3-4-9(2)8-17-12-7-10(14)5-6-11(12)13(15)16/h5-7,9H,3-4,8H2,1-2H3,(H3,15,16). The first-order valence-corrected chi connectivity index (χ1v) is 6.19. The molecule has 0 bridgehead atoms. The van der Waals surface area contributed by atoms with Crippen LogP contribution in [0.15, 0.2) is 18.2 Å². The van der Waals surface area contributed by atoms with E-state index in [1.165, 1.54) is 0 Å². The molecular weight excluding hydrogens is 236 g/mol. The summed E-state index contributed by atoms with van der Waals surface area (Å²) >= 11 is 5.91. The van der Waals surface area contributed by atoms with Gasteiger partial charge in [-0.2, -0.15) is 0 Å². The van der Waals surface area contributed by atoms with Gasteiger partial charge in [0, 0.05) is 5.02 Å². The van der Waals surface area contributed by atoms with E-state index in [9.17, 15) is 0 Å². The molecule has 0 aromatic heterocycles. The third-order valence-electron chi connectivity index (χ3n) is 2.54. The predicted molar refractivity (Wildman–Crippen MR) is 72.0 cm³/mol. The van der Waals surface area contributed by atoms with Gasteiger partial charge in [-0.1, -0.05) is 31.9 Å².